The van der Waals surface area contributed by atoms with Gasteiger partial charge in [-0.2, -0.15) is 0 Å². The summed E-state index contributed by atoms with van der Waals surface area (Å²) in [5.74, 6) is -0.0688. The van der Waals surface area contributed by atoms with Gasteiger partial charge in [0.15, 0.2) is 14.9 Å². The lowest BCUT2D eigenvalue weighted by Gasteiger charge is -2.04. The maximum Gasteiger partial charge on any atom is 0.199 e. The smallest absolute Gasteiger partial charge is 0.199 e. The molecule has 1 heterocycles. The Morgan fingerprint density at radius 3 is 2.44 bits per heavy atom. The fourth-order valence-corrected chi connectivity index (χ4v) is 3.04. The summed E-state index contributed by atoms with van der Waals surface area (Å²) >= 11 is 5.76. The van der Waals surface area contributed by atoms with Crippen molar-refractivity contribution in [2.75, 3.05) is 0 Å². The maximum atomic E-state index is 12.1. The Bertz CT molecular complexity index is 651. The molecule has 0 spiro atoms. The Kier molecular flexibility index (Phi) is 3.68. The second-order valence-electron chi connectivity index (χ2n) is 4.06. The molecule has 94 valence electrons. The first-order valence-electron chi connectivity index (χ1n) is 5.37. The third kappa shape index (κ3) is 3.09. The summed E-state index contributed by atoms with van der Waals surface area (Å²) in [5.41, 5.74) is 1.57. The zero-order chi connectivity index (χ0) is 13.2. The van der Waals surface area contributed by atoms with Crippen LogP contribution in [0.25, 0.3) is 0 Å². The number of sulfone groups is 1. The van der Waals surface area contributed by atoms with E-state index in [4.69, 9.17) is 11.6 Å². The summed E-state index contributed by atoms with van der Waals surface area (Å²) in [6, 6.07) is 10.1. The molecule has 0 aliphatic heterocycles. The van der Waals surface area contributed by atoms with Crippen molar-refractivity contribution in [2.24, 2.45) is 0 Å². The lowest BCUT2D eigenvalue weighted by molar-refractivity contribution is 0.591. The predicted molar refractivity (Wildman–Crippen MR) is 71.3 cm³/mol. The van der Waals surface area contributed by atoms with Crippen molar-refractivity contribution >= 4 is 21.4 Å². The van der Waals surface area contributed by atoms with Gasteiger partial charge in [0.1, 0.15) is 0 Å². The van der Waals surface area contributed by atoms with Gasteiger partial charge < -0.3 is 0 Å². The standard InChI is InChI=1S/C13H12ClNO2S/c1-10-6-7-15-13(8-10)18(16,17)9-11-2-4-12(14)5-3-11/h2-8H,9H2,1H3. The summed E-state index contributed by atoms with van der Waals surface area (Å²) in [4.78, 5) is 3.91. The van der Waals surface area contributed by atoms with Gasteiger partial charge in [0, 0.05) is 11.2 Å². The molecule has 1 aromatic heterocycles. The maximum absolute atomic E-state index is 12.1. The Balaban J connectivity index is 2.30. The first kappa shape index (κ1) is 13.1. The van der Waals surface area contributed by atoms with Crippen molar-refractivity contribution in [3.63, 3.8) is 0 Å². The highest BCUT2D eigenvalue weighted by Crippen LogP contribution is 2.17. The van der Waals surface area contributed by atoms with Crippen LogP contribution >= 0.6 is 11.6 Å². The minimum atomic E-state index is -3.40. The van der Waals surface area contributed by atoms with Crippen LogP contribution in [0.3, 0.4) is 0 Å². The Hall–Kier alpha value is -1.39. The normalized spacial score (nSPS) is 11.4. The molecule has 0 saturated heterocycles. The minimum Gasteiger partial charge on any atom is -0.245 e. The first-order chi connectivity index (χ1) is 8.47. The van der Waals surface area contributed by atoms with Gasteiger partial charge in [-0.25, -0.2) is 13.4 Å². The number of hydrogen-bond acceptors (Lipinski definition) is 3. The molecule has 2 rings (SSSR count). The van der Waals surface area contributed by atoms with Crippen LogP contribution in [0, 0.1) is 6.92 Å². The molecule has 3 nitrogen and oxygen atoms in total. The van der Waals surface area contributed by atoms with E-state index in [1.807, 2.05) is 6.92 Å². The minimum absolute atomic E-state index is 0.0688. The number of aryl methyl sites for hydroxylation is 1. The molecule has 5 heteroatoms. The van der Waals surface area contributed by atoms with E-state index in [2.05, 4.69) is 4.98 Å². The third-order valence-corrected chi connectivity index (χ3v) is 4.30. The molecule has 0 fully saturated rings. The van der Waals surface area contributed by atoms with E-state index in [-0.39, 0.29) is 10.8 Å². The van der Waals surface area contributed by atoms with Crippen LogP contribution < -0.4 is 0 Å². The largest absolute Gasteiger partial charge is 0.245 e. The second kappa shape index (κ2) is 5.08. The lowest BCUT2D eigenvalue weighted by atomic mass is 10.2. The van der Waals surface area contributed by atoms with E-state index >= 15 is 0 Å². The van der Waals surface area contributed by atoms with Crippen LogP contribution in [-0.2, 0) is 15.6 Å². The fourth-order valence-electron chi connectivity index (χ4n) is 1.55. The number of benzene rings is 1. The van der Waals surface area contributed by atoms with Crippen molar-refractivity contribution in [1.82, 2.24) is 4.98 Å². The molecule has 0 radical (unpaired) electrons. The number of nitrogens with zero attached hydrogens (tertiary/aromatic N) is 1. The predicted octanol–water partition coefficient (Wildman–Crippen LogP) is 3.02. The summed E-state index contributed by atoms with van der Waals surface area (Å²) in [6.07, 6.45) is 1.50. The summed E-state index contributed by atoms with van der Waals surface area (Å²) in [5, 5.41) is 0.697. The summed E-state index contributed by atoms with van der Waals surface area (Å²) < 4.78 is 24.3. The van der Waals surface area contributed by atoms with Crippen LogP contribution in [0.1, 0.15) is 11.1 Å². The van der Waals surface area contributed by atoms with Gasteiger partial charge in [-0.15, -0.1) is 0 Å². The van der Waals surface area contributed by atoms with E-state index in [0.29, 0.717) is 10.6 Å². The quantitative estimate of drug-likeness (QED) is 0.869. The second-order valence-corrected chi connectivity index (χ2v) is 6.43. The molecule has 0 saturated carbocycles. The number of hydrogen-bond donors (Lipinski definition) is 0. The van der Waals surface area contributed by atoms with Crippen molar-refractivity contribution in [3.05, 3.63) is 58.7 Å². The van der Waals surface area contributed by atoms with E-state index in [1.165, 1.54) is 6.20 Å². The van der Waals surface area contributed by atoms with E-state index < -0.39 is 9.84 Å². The van der Waals surface area contributed by atoms with Crippen LogP contribution in [0.5, 0.6) is 0 Å². The topological polar surface area (TPSA) is 47.0 Å². The van der Waals surface area contributed by atoms with Crippen molar-refractivity contribution in [2.45, 2.75) is 17.7 Å². The molecule has 18 heavy (non-hydrogen) atoms. The molecular weight excluding hydrogens is 270 g/mol. The molecule has 0 atom stereocenters. The molecule has 0 aliphatic carbocycles. The average Bonchev–Trinajstić information content (AvgIpc) is 2.32. The van der Waals surface area contributed by atoms with Gasteiger partial charge in [0.05, 0.1) is 5.75 Å². The van der Waals surface area contributed by atoms with Crippen molar-refractivity contribution in [1.29, 1.82) is 0 Å². The molecule has 0 amide bonds. The Labute approximate surface area is 111 Å². The third-order valence-electron chi connectivity index (χ3n) is 2.48. The Morgan fingerprint density at radius 1 is 1.17 bits per heavy atom. The molecule has 0 N–H and O–H groups in total. The zero-order valence-electron chi connectivity index (χ0n) is 9.80. The van der Waals surface area contributed by atoms with Gasteiger partial charge in [-0.3, -0.25) is 0 Å². The van der Waals surface area contributed by atoms with E-state index in [0.717, 1.165) is 5.56 Å². The van der Waals surface area contributed by atoms with E-state index in [1.54, 1.807) is 36.4 Å². The number of pyridine rings is 1. The first-order valence-corrected chi connectivity index (χ1v) is 7.40. The van der Waals surface area contributed by atoms with Crippen LogP contribution in [0.4, 0.5) is 0 Å². The molecule has 0 bridgehead atoms. The van der Waals surface area contributed by atoms with Crippen molar-refractivity contribution in [3.8, 4) is 0 Å². The number of aromatic nitrogens is 1. The SMILES string of the molecule is Cc1ccnc(S(=O)(=O)Cc2ccc(Cl)cc2)c1. The molecule has 0 unspecified atom stereocenters. The van der Waals surface area contributed by atoms with Crippen molar-refractivity contribution < 1.29 is 8.42 Å². The number of halogens is 1. The van der Waals surface area contributed by atoms with Crippen LogP contribution in [0.2, 0.25) is 5.02 Å². The highest BCUT2D eigenvalue weighted by atomic mass is 35.5. The lowest BCUT2D eigenvalue weighted by Crippen LogP contribution is -2.07. The molecule has 1 aromatic carbocycles. The summed E-state index contributed by atoms with van der Waals surface area (Å²) in [7, 11) is -3.40. The molecule has 0 aliphatic rings. The monoisotopic (exact) mass is 281 g/mol. The molecule has 2 aromatic rings. The summed E-state index contributed by atoms with van der Waals surface area (Å²) in [6.45, 7) is 1.84. The van der Waals surface area contributed by atoms with Gasteiger partial charge in [0.25, 0.3) is 0 Å². The molecular formula is C13H12ClNO2S. The van der Waals surface area contributed by atoms with Gasteiger partial charge in [-0.1, -0.05) is 23.7 Å². The van der Waals surface area contributed by atoms with Gasteiger partial charge >= 0.3 is 0 Å². The van der Waals surface area contributed by atoms with Crippen LogP contribution in [-0.4, -0.2) is 13.4 Å². The average molecular weight is 282 g/mol. The highest BCUT2D eigenvalue weighted by Gasteiger charge is 2.16. The fraction of sp³-hybridized carbons (Fsp3) is 0.154. The highest BCUT2D eigenvalue weighted by molar-refractivity contribution is 7.90. The number of rotatable bonds is 3. The van der Waals surface area contributed by atoms with E-state index in [9.17, 15) is 8.42 Å². The zero-order valence-corrected chi connectivity index (χ0v) is 11.4. The Morgan fingerprint density at radius 2 is 1.83 bits per heavy atom. The van der Waals surface area contributed by atoms with Gasteiger partial charge in [-0.05, 0) is 42.3 Å². The van der Waals surface area contributed by atoms with Crippen LogP contribution in [0.15, 0.2) is 47.6 Å². The van der Waals surface area contributed by atoms with Gasteiger partial charge in [0.2, 0.25) is 0 Å².